The van der Waals surface area contributed by atoms with E-state index in [9.17, 15) is 24.9 Å². The van der Waals surface area contributed by atoms with E-state index in [4.69, 9.17) is 10.2 Å². The Hall–Kier alpha value is -1.34. The summed E-state index contributed by atoms with van der Waals surface area (Å²) in [6.45, 7) is 2.61. The normalized spacial score (nSPS) is 21.7. The zero-order valence-corrected chi connectivity index (χ0v) is 15.5. The predicted molar refractivity (Wildman–Crippen MR) is 96.6 cm³/mol. The molecular weight excluding hydrogens is 360 g/mol. The highest BCUT2D eigenvalue weighted by Gasteiger charge is 2.26. The van der Waals surface area contributed by atoms with Crippen LogP contribution >= 0.6 is 0 Å². The fourth-order valence-electron chi connectivity index (χ4n) is 3.11. The Morgan fingerprint density at radius 1 is 0.815 bits per heavy atom. The van der Waals surface area contributed by atoms with Crippen LogP contribution in [0.4, 0.5) is 0 Å². The Morgan fingerprint density at radius 3 is 1.85 bits per heavy atom. The first-order valence-corrected chi connectivity index (χ1v) is 9.10. The molecule has 0 bridgehead atoms. The molecule has 0 amide bonds. The van der Waals surface area contributed by atoms with Gasteiger partial charge in [-0.2, -0.15) is 0 Å². The second-order valence-corrected chi connectivity index (χ2v) is 6.63. The van der Waals surface area contributed by atoms with Gasteiger partial charge in [0.25, 0.3) is 0 Å². The number of nitrogens with zero attached hydrogens (tertiary/aromatic N) is 3. The van der Waals surface area contributed by atoms with Crippen molar-refractivity contribution in [1.82, 2.24) is 20.0 Å². The van der Waals surface area contributed by atoms with Crippen molar-refractivity contribution in [2.75, 3.05) is 78.7 Å². The van der Waals surface area contributed by atoms with Crippen molar-refractivity contribution in [3.8, 4) is 0 Å². The molecule has 0 aromatic rings. The molecule has 1 saturated heterocycles. The number of carboxylic acid groups (broad SMARTS) is 2. The molecule has 11 nitrogen and oxygen atoms in total. The highest BCUT2D eigenvalue weighted by Crippen LogP contribution is 2.06. The van der Waals surface area contributed by atoms with Crippen LogP contribution in [-0.2, 0) is 9.59 Å². The lowest BCUT2D eigenvalue weighted by atomic mass is 10.1. The molecule has 1 aliphatic heterocycles. The minimum Gasteiger partial charge on any atom is -0.480 e. The number of aliphatic hydroxyl groups is 3. The number of aliphatic carboxylic acids is 2. The average Bonchev–Trinajstić information content (AvgIpc) is 2.60. The molecule has 0 aliphatic carbocycles. The van der Waals surface area contributed by atoms with Crippen molar-refractivity contribution in [3.05, 3.63) is 0 Å². The third-order valence-electron chi connectivity index (χ3n) is 4.62. The molecule has 0 saturated carbocycles. The van der Waals surface area contributed by atoms with Gasteiger partial charge < -0.3 is 30.8 Å². The quantitative estimate of drug-likeness (QED) is 0.242. The maximum atomic E-state index is 11.1. The Balaban J connectivity index is 2.82. The van der Waals surface area contributed by atoms with Crippen molar-refractivity contribution in [3.63, 3.8) is 0 Å². The molecule has 158 valence electrons. The van der Waals surface area contributed by atoms with Crippen molar-refractivity contribution in [1.29, 1.82) is 0 Å². The molecule has 1 aliphatic rings. The van der Waals surface area contributed by atoms with Gasteiger partial charge in [0.05, 0.1) is 38.4 Å². The van der Waals surface area contributed by atoms with E-state index in [-0.39, 0.29) is 19.7 Å². The number of carboxylic acids is 2. The first-order chi connectivity index (χ1) is 12.9. The summed E-state index contributed by atoms with van der Waals surface area (Å²) >= 11 is 0. The Kier molecular flexibility index (Phi) is 11.4. The van der Waals surface area contributed by atoms with Gasteiger partial charge in [0.2, 0.25) is 0 Å². The third kappa shape index (κ3) is 9.42. The van der Waals surface area contributed by atoms with E-state index in [2.05, 4.69) is 5.32 Å². The van der Waals surface area contributed by atoms with E-state index < -0.39 is 30.7 Å². The third-order valence-corrected chi connectivity index (χ3v) is 4.62. The van der Waals surface area contributed by atoms with Gasteiger partial charge in [0.1, 0.15) is 0 Å². The zero-order chi connectivity index (χ0) is 20.2. The van der Waals surface area contributed by atoms with Crippen LogP contribution in [0.15, 0.2) is 0 Å². The van der Waals surface area contributed by atoms with E-state index in [1.54, 1.807) is 9.80 Å². The van der Waals surface area contributed by atoms with Crippen molar-refractivity contribution in [2.24, 2.45) is 0 Å². The van der Waals surface area contributed by atoms with E-state index in [0.717, 1.165) is 0 Å². The van der Waals surface area contributed by atoms with E-state index in [0.29, 0.717) is 52.4 Å². The SMILES string of the molecule is O=C(O)CN1CCNCCN([C@H](CO)[C@H](O)CO)CCN(CC(=O)O)CC1. The molecule has 27 heavy (non-hydrogen) atoms. The Labute approximate surface area is 158 Å². The van der Waals surface area contributed by atoms with Crippen LogP contribution in [0, 0.1) is 0 Å². The monoisotopic (exact) mass is 392 g/mol. The van der Waals surface area contributed by atoms with E-state index in [1.165, 1.54) is 0 Å². The van der Waals surface area contributed by atoms with Crippen LogP contribution in [-0.4, -0.2) is 143 Å². The smallest absolute Gasteiger partial charge is 0.317 e. The maximum Gasteiger partial charge on any atom is 0.317 e. The average molecular weight is 392 g/mol. The molecule has 0 radical (unpaired) electrons. The van der Waals surface area contributed by atoms with Gasteiger partial charge in [-0.25, -0.2) is 0 Å². The van der Waals surface area contributed by atoms with Gasteiger partial charge in [-0.05, 0) is 0 Å². The summed E-state index contributed by atoms with van der Waals surface area (Å²) in [6.07, 6.45) is -1.10. The zero-order valence-electron chi connectivity index (χ0n) is 15.5. The predicted octanol–water partition coefficient (Wildman–Crippen LogP) is -3.62. The molecule has 0 unspecified atom stereocenters. The van der Waals surface area contributed by atoms with Gasteiger partial charge >= 0.3 is 11.9 Å². The lowest BCUT2D eigenvalue weighted by Crippen LogP contribution is -2.53. The van der Waals surface area contributed by atoms with E-state index in [1.807, 2.05) is 4.90 Å². The molecule has 6 N–H and O–H groups in total. The van der Waals surface area contributed by atoms with Crippen LogP contribution in [0.25, 0.3) is 0 Å². The number of carbonyl (C=O) groups is 2. The summed E-state index contributed by atoms with van der Waals surface area (Å²) in [5.74, 6) is -1.91. The molecule has 0 aromatic heterocycles. The van der Waals surface area contributed by atoms with Crippen LogP contribution in [0.2, 0.25) is 0 Å². The first kappa shape index (κ1) is 23.7. The van der Waals surface area contributed by atoms with E-state index >= 15 is 0 Å². The fraction of sp³-hybridized carbons (Fsp3) is 0.875. The van der Waals surface area contributed by atoms with Crippen LogP contribution in [0.1, 0.15) is 0 Å². The van der Waals surface area contributed by atoms with Crippen molar-refractivity contribution in [2.45, 2.75) is 12.1 Å². The largest absolute Gasteiger partial charge is 0.480 e. The molecule has 0 spiro atoms. The maximum absolute atomic E-state index is 11.1. The summed E-state index contributed by atoms with van der Waals surface area (Å²) < 4.78 is 0. The van der Waals surface area contributed by atoms with Crippen LogP contribution in [0.5, 0.6) is 0 Å². The number of hydrogen-bond donors (Lipinski definition) is 6. The van der Waals surface area contributed by atoms with Crippen LogP contribution in [0.3, 0.4) is 0 Å². The Bertz CT molecular complexity index is 454. The minimum absolute atomic E-state index is 0.107. The highest BCUT2D eigenvalue weighted by molar-refractivity contribution is 5.69. The minimum atomic E-state index is -1.10. The summed E-state index contributed by atoms with van der Waals surface area (Å²) in [5, 5.41) is 50.1. The fourth-order valence-corrected chi connectivity index (χ4v) is 3.11. The van der Waals surface area contributed by atoms with Gasteiger partial charge in [0, 0.05) is 52.4 Å². The van der Waals surface area contributed by atoms with Gasteiger partial charge in [-0.3, -0.25) is 24.3 Å². The molecule has 0 aromatic carbocycles. The van der Waals surface area contributed by atoms with Gasteiger partial charge in [-0.1, -0.05) is 0 Å². The number of hydrogen-bond acceptors (Lipinski definition) is 9. The summed E-state index contributed by atoms with van der Waals surface area (Å²) in [7, 11) is 0. The van der Waals surface area contributed by atoms with Crippen molar-refractivity contribution < 1.29 is 35.1 Å². The summed E-state index contributed by atoms with van der Waals surface area (Å²) in [4.78, 5) is 27.4. The highest BCUT2D eigenvalue weighted by atomic mass is 16.4. The number of aliphatic hydroxyl groups excluding tert-OH is 3. The van der Waals surface area contributed by atoms with Gasteiger partial charge in [0.15, 0.2) is 0 Å². The molecule has 1 heterocycles. The second kappa shape index (κ2) is 12.9. The number of nitrogens with one attached hydrogen (secondary N) is 1. The second-order valence-electron chi connectivity index (χ2n) is 6.63. The molecule has 1 fully saturated rings. The molecular formula is C16H32N4O7. The van der Waals surface area contributed by atoms with Crippen LogP contribution < -0.4 is 5.32 Å². The molecule has 1 rings (SSSR count). The lowest BCUT2D eigenvalue weighted by Gasteiger charge is -2.35. The molecule has 2 atom stereocenters. The number of rotatable bonds is 8. The first-order valence-electron chi connectivity index (χ1n) is 9.10. The van der Waals surface area contributed by atoms with Gasteiger partial charge in [-0.15, -0.1) is 0 Å². The van der Waals surface area contributed by atoms with Crippen molar-refractivity contribution >= 4 is 11.9 Å². The topological polar surface area (TPSA) is 157 Å². The summed E-state index contributed by atoms with van der Waals surface area (Å²) in [5.41, 5.74) is 0. The summed E-state index contributed by atoms with van der Waals surface area (Å²) in [6, 6.07) is -0.644. The Morgan fingerprint density at radius 2 is 1.33 bits per heavy atom. The molecule has 11 heteroatoms. The lowest BCUT2D eigenvalue weighted by molar-refractivity contribution is -0.140. The standard InChI is InChI=1S/C16H32N4O7/c21-11-13(14(23)12-22)20-4-2-17-1-3-18(9-15(24)25)5-6-19(7-8-20)10-16(26)27/h13-14,17,21-23H,1-12H2,(H,24,25)(H,26,27)/t13-,14-/m1/s1.